The Morgan fingerprint density at radius 2 is 1.77 bits per heavy atom. The molecule has 0 aliphatic carbocycles. The topological polar surface area (TPSA) is 88.4 Å². The summed E-state index contributed by atoms with van der Waals surface area (Å²) in [6.45, 7) is 7.86. The van der Waals surface area contributed by atoms with E-state index in [1.54, 1.807) is 37.7 Å². The fraction of sp³-hybridized carbons (Fsp3) is 0.237. The molecular formula is C38H35ClN2O6S. The van der Waals surface area contributed by atoms with Crippen molar-refractivity contribution in [3.63, 3.8) is 0 Å². The number of allylic oxidation sites excluding steroid dienone is 1. The molecule has 1 atom stereocenters. The summed E-state index contributed by atoms with van der Waals surface area (Å²) in [5, 5.41) is 2.59. The van der Waals surface area contributed by atoms with Gasteiger partial charge in [-0.15, -0.1) is 0 Å². The minimum Gasteiger partial charge on any atom is -0.493 e. The summed E-state index contributed by atoms with van der Waals surface area (Å²) in [6.07, 6.45) is 1.78. The molecule has 1 aliphatic rings. The van der Waals surface area contributed by atoms with E-state index in [1.165, 1.54) is 11.3 Å². The lowest BCUT2D eigenvalue weighted by atomic mass is 9.95. The summed E-state index contributed by atoms with van der Waals surface area (Å²) in [7, 11) is 1.56. The van der Waals surface area contributed by atoms with Crippen molar-refractivity contribution in [1.29, 1.82) is 0 Å². The number of carbonyl (C=O) groups is 1. The Hall–Kier alpha value is -4.86. The highest BCUT2D eigenvalue weighted by Crippen LogP contribution is 2.37. The standard InChI is InChI=1S/C38H35ClN2O6S/c1-6-45-37(43)34-23(4)40-38-41(35(34)26-14-18-31(47-22(2)3)32(19-26)44-5)36(42)33(48-38)20-29-28-10-8-7-9-25(28)13-17-30(29)46-21-24-11-15-27(39)16-12-24/h7-20,22,35H,6,21H2,1-5H3/b33-20+/t35-/m0/s1. The van der Waals surface area contributed by atoms with Gasteiger partial charge in [-0.2, -0.15) is 0 Å². The molecule has 0 spiro atoms. The van der Waals surface area contributed by atoms with Gasteiger partial charge in [-0.1, -0.05) is 71.5 Å². The second-order valence-corrected chi connectivity index (χ2v) is 12.9. The van der Waals surface area contributed by atoms with Crippen LogP contribution in [-0.2, 0) is 16.1 Å². The van der Waals surface area contributed by atoms with E-state index in [9.17, 15) is 9.59 Å². The number of fused-ring (bicyclic) bond motifs is 2. The summed E-state index contributed by atoms with van der Waals surface area (Å²) < 4.78 is 25.4. The SMILES string of the molecule is CCOC(=O)C1=C(C)N=c2s/c(=C/c3c(OCc4ccc(Cl)cc4)ccc4ccccc34)c(=O)n2[C@H]1c1ccc(OC(C)C)c(OC)c1. The summed E-state index contributed by atoms with van der Waals surface area (Å²) >= 11 is 7.34. The fourth-order valence-corrected chi connectivity index (χ4v) is 6.89. The van der Waals surface area contributed by atoms with Crippen molar-refractivity contribution in [3.05, 3.63) is 132 Å². The largest absolute Gasteiger partial charge is 0.493 e. The van der Waals surface area contributed by atoms with Crippen molar-refractivity contribution in [2.75, 3.05) is 13.7 Å². The van der Waals surface area contributed by atoms with Gasteiger partial charge < -0.3 is 18.9 Å². The maximum Gasteiger partial charge on any atom is 0.338 e. The maximum atomic E-state index is 14.5. The number of carbonyl (C=O) groups excluding carboxylic acids is 1. The van der Waals surface area contributed by atoms with Crippen molar-refractivity contribution in [1.82, 2.24) is 4.57 Å². The van der Waals surface area contributed by atoms with E-state index in [0.717, 1.165) is 21.9 Å². The third-order valence-corrected chi connectivity index (χ3v) is 9.13. The maximum absolute atomic E-state index is 14.5. The van der Waals surface area contributed by atoms with Crippen LogP contribution >= 0.6 is 22.9 Å². The van der Waals surface area contributed by atoms with Gasteiger partial charge in [-0.05, 0) is 86.0 Å². The lowest BCUT2D eigenvalue weighted by Crippen LogP contribution is -2.40. The molecule has 0 radical (unpaired) electrons. The third kappa shape index (κ3) is 6.61. The number of thiazole rings is 1. The molecule has 10 heteroatoms. The van der Waals surface area contributed by atoms with E-state index in [0.29, 0.717) is 49.5 Å². The van der Waals surface area contributed by atoms with Gasteiger partial charge in [0.2, 0.25) is 0 Å². The average Bonchev–Trinajstić information content (AvgIpc) is 3.38. The van der Waals surface area contributed by atoms with Crippen LogP contribution in [0.4, 0.5) is 0 Å². The lowest BCUT2D eigenvalue weighted by Gasteiger charge is -2.25. The molecule has 1 aromatic heterocycles. The minimum atomic E-state index is -0.808. The number of aromatic nitrogens is 1. The Morgan fingerprint density at radius 1 is 1.02 bits per heavy atom. The van der Waals surface area contributed by atoms with Gasteiger partial charge in [0.15, 0.2) is 16.3 Å². The van der Waals surface area contributed by atoms with Crippen LogP contribution in [0.25, 0.3) is 16.8 Å². The van der Waals surface area contributed by atoms with E-state index in [4.69, 9.17) is 35.5 Å². The van der Waals surface area contributed by atoms with E-state index >= 15 is 0 Å². The second kappa shape index (κ2) is 14.1. The molecule has 6 rings (SSSR count). The smallest absolute Gasteiger partial charge is 0.338 e. The van der Waals surface area contributed by atoms with E-state index in [2.05, 4.69) is 0 Å². The van der Waals surface area contributed by atoms with Crippen LogP contribution in [0.15, 0.2) is 99.9 Å². The number of esters is 1. The number of halogens is 1. The summed E-state index contributed by atoms with van der Waals surface area (Å²) in [5.41, 5.74) is 2.85. The first-order valence-electron chi connectivity index (χ1n) is 15.6. The Bertz CT molecular complexity index is 2220. The molecule has 8 nitrogen and oxygen atoms in total. The zero-order valence-corrected chi connectivity index (χ0v) is 28.9. The fourth-order valence-electron chi connectivity index (χ4n) is 5.74. The van der Waals surface area contributed by atoms with Crippen LogP contribution < -0.4 is 29.1 Å². The molecule has 0 saturated heterocycles. The molecule has 2 heterocycles. The number of hydrogen-bond acceptors (Lipinski definition) is 8. The number of methoxy groups -OCH3 is 1. The van der Waals surface area contributed by atoms with Crippen molar-refractivity contribution in [3.8, 4) is 17.2 Å². The van der Waals surface area contributed by atoms with E-state index < -0.39 is 12.0 Å². The Morgan fingerprint density at radius 3 is 2.50 bits per heavy atom. The van der Waals surface area contributed by atoms with Crippen molar-refractivity contribution in [2.45, 2.75) is 46.4 Å². The summed E-state index contributed by atoms with van der Waals surface area (Å²) in [6, 6.07) is 24.0. The molecule has 0 fully saturated rings. The van der Waals surface area contributed by atoms with Crippen LogP contribution in [0.1, 0.15) is 50.4 Å². The number of hydrogen-bond donors (Lipinski definition) is 0. The molecule has 4 aromatic carbocycles. The van der Waals surface area contributed by atoms with E-state index in [-0.39, 0.29) is 23.8 Å². The first-order valence-corrected chi connectivity index (χ1v) is 16.8. The highest BCUT2D eigenvalue weighted by Gasteiger charge is 2.34. The first kappa shape index (κ1) is 33.1. The highest BCUT2D eigenvalue weighted by atomic mass is 35.5. The van der Waals surface area contributed by atoms with Gasteiger partial charge in [-0.3, -0.25) is 9.36 Å². The van der Waals surface area contributed by atoms with Crippen molar-refractivity contribution < 1.29 is 23.7 Å². The molecule has 246 valence electrons. The molecule has 5 aromatic rings. The predicted molar refractivity (Wildman–Crippen MR) is 189 cm³/mol. The van der Waals surface area contributed by atoms with Gasteiger partial charge >= 0.3 is 5.97 Å². The van der Waals surface area contributed by atoms with Gasteiger partial charge in [-0.25, -0.2) is 9.79 Å². The molecule has 1 aliphatic heterocycles. The first-order chi connectivity index (χ1) is 23.2. The van der Waals surface area contributed by atoms with Crippen LogP contribution in [0, 0.1) is 0 Å². The van der Waals surface area contributed by atoms with Crippen molar-refractivity contribution >= 4 is 45.8 Å². The van der Waals surface area contributed by atoms with Gasteiger partial charge in [0.25, 0.3) is 5.56 Å². The molecule has 0 unspecified atom stereocenters. The number of benzene rings is 4. The highest BCUT2D eigenvalue weighted by molar-refractivity contribution is 7.07. The van der Waals surface area contributed by atoms with Crippen LogP contribution in [-0.4, -0.2) is 30.4 Å². The molecule has 0 amide bonds. The predicted octanol–water partition coefficient (Wildman–Crippen LogP) is 6.98. The van der Waals surface area contributed by atoms with Crippen LogP contribution in [0.2, 0.25) is 5.02 Å². The van der Waals surface area contributed by atoms with Crippen LogP contribution in [0.5, 0.6) is 17.2 Å². The van der Waals surface area contributed by atoms with Crippen molar-refractivity contribution in [2.24, 2.45) is 4.99 Å². The Kier molecular flexibility index (Phi) is 9.71. The zero-order chi connectivity index (χ0) is 33.9. The van der Waals surface area contributed by atoms with Gasteiger partial charge in [0.1, 0.15) is 12.4 Å². The monoisotopic (exact) mass is 682 g/mol. The molecule has 0 saturated carbocycles. The normalized spacial score (nSPS) is 14.6. The number of ether oxygens (including phenoxy) is 4. The molecule has 0 N–H and O–H groups in total. The molecule has 0 bridgehead atoms. The zero-order valence-electron chi connectivity index (χ0n) is 27.3. The minimum absolute atomic E-state index is 0.0752. The van der Waals surface area contributed by atoms with Gasteiger partial charge in [0, 0.05) is 10.6 Å². The lowest BCUT2D eigenvalue weighted by molar-refractivity contribution is -0.139. The Labute approximate surface area is 287 Å². The quantitative estimate of drug-likeness (QED) is 0.148. The number of rotatable bonds is 10. The van der Waals surface area contributed by atoms with Gasteiger partial charge in [0.05, 0.1) is 41.7 Å². The second-order valence-electron chi connectivity index (χ2n) is 11.5. The summed E-state index contributed by atoms with van der Waals surface area (Å²) in [5.74, 6) is 1.13. The molecular weight excluding hydrogens is 648 g/mol. The Balaban J connectivity index is 1.52. The average molecular weight is 683 g/mol. The molecule has 48 heavy (non-hydrogen) atoms. The van der Waals surface area contributed by atoms with Crippen LogP contribution in [0.3, 0.4) is 0 Å². The third-order valence-electron chi connectivity index (χ3n) is 7.90. The number of nitrogens with zero attached hydrogens (tertiary/aromatic N) is 2. The summed E-state index contributed by atoms with van der Waals surface area (Å²) in [4.78, 5) is 33.1. The van der Waals surface area contributed by atoms with E-state index in [1.807, 2.05) is 86.7 Å².